The number of amides is 2. The average molecular weight is 339 g/mol. The van der Waals surface area contributed by atoms with Gasteiger partial charge in [0.15, 0.2) is 17.5 Å². The third kappa shape index (κ3) is 2.77. The van der Waals surface area contributed by atoms with Gasteiger partial charge in [0.1, 0.15) is 0 Å². The molecule has 24 heavy (non-hydrogen) atoms. The largest absolute Gasteiger partial charge is 0.385 e. The Morgan fingerprint density at radius 3 is 2.58 bits per heavy atom. The van der Waals surface area contributed by atoms with Crippen molar-refractivity contribution in [3.63, 3.8) is 0 Å². The second-order valence-electron chi connectivity index (χ2n) is 5.60. The number of urea groups is 1. The fraction of sp³-hybridized carbons (Fsp3) is 0.333. The summed E-state index contributed by atoms with van der Waals surface area (Å²) in [6, 6.07) is 0.794. The van der Waals surface area contributed by atoms with E-state index in [1.54, 1.807) is 17.9 Å². The number of nitrogens with one attached hydrogen (secondary N) is 2. The Bertz CT molecular complexity index is 768. The van der Waals surface area contributed by atoms with Crippen LogP contribution in [0.25, 0.3) is 0 Å². The lowest BCUT2D eigenvalue weighted by Crippen LogP contribution is -2.47. The Labute approximate surface area is 136 Å². The van der Waals surface area contributed by atoms with Crippen molar-refractivity contribution in [2.45, 2.75) is 26.1 Å². The van der Waals surface area contributed by atoms with Crippen LogP contribution in [0, 0.1) is 17.5 Å². The Morgan fingerprint density at radius 2 is 1.96 bits per heavy atom. The molecule has 2 aromatic rings. The predicted octanol–water partition coefficient (Wildman–Crippen LogP) is 2.78. The van der Waals surface area contributed by atoms with Crippen molar-refractivity contribution in [2.75, 3.05) is 17.7 Å². The van der Waals surface area contributed by atoms with Gasteiger partial charge in [-0.25, -0.2) is 18.0 Å². The number of fused-ring (bicyclic) bond motifs is 1. The molecular formula is C15H16F3N5O. The van der Waals surface area contributed by atoms with Crippen LogP contribution in [0.1, 0.15) is 12.6 Å². The molecule has 2 heterocycles. The van der Waals surface area contributed by atoms with Crippen LogP contribution in [0.5, 0.6) is 0 Å². The first-order valence-corrected chi connectivity index (χ1v) is 7.35. The van der Waals surface area contributed by atoms with Crippen LogP contribution in [0.3, 0.4) is 0 Å². The number of aromatic nitrogens is 2. The zero-order valence-electron chi connectivity index (χ0n) is 13.1. The van der Waals surface area contributed by atoms with E-state index in [4.69, 9.17) is 0 Å². The lowest BCUT2D eigenvalue weighted by atomic mass is 10.2. The number of rotatable bonds is 2. The number of benzene rings is 1. The normalized spacial score (nSPS) is 16.7. The number of anilines is 2. The summed E-state index contributed by atoms with van der Waals surface area (Å²) < 4.78 is 41.3. The van der Waals surface area contributed by atoms with Gasteiger partial charge in [0.05, 0.1) is 36.7 Å². The van der Waals surface area contributed by atoms with E-state index >= 15 is 0 Å². The van der Waals surface area contributed by atoms with Crippen LogP contribution in [-0.4, -0.2) is 33.8 Å². The molecule has 0 saturated carbocycles. The summed E-state index contributed by atoms with van der Waals surface area (Å²) >= 11 is 0. The van der Waals surface area contributed by atoms with Crippen molar-refractivity contribution in [3.05, 3.63) is 41.5 Å². The van der Waals surface area contributed by atoms with Crippen molar-refractivity contribution in [1.29, 1.82) is 0 Å². The standard InChI is InChI=1S/C15H16F3N5O/c1-8-6-23-13(12(19-2)5-20-23)7-22(8)15(24)21-9-3-10(16)14(18)11(17)4-9/h3-5,8,19H,6-7H2,1-2H3,(H,21,24)/t8-/m0/s1. The first kappa shape index (κ1) is 16.2. The Hall–Kier alpha value is -2.71. The van der Waals surface area contributed by atoms with Gasteiger partial charge >= 0.3 is 6.03 Å². The topological polar surface area (TPSA) is 62.2 Å². The van der Waals surface area contributed by atoms with Crippen molar-refractivity contribution >= 4 is 17.4 Å². The van der Waals surface area contributed by atoms with Gasteiger partial charge in [-0.15, -0.1) is 0 Å². The molecule has 6 nitrogen and oxygen atoms in total. The first-order chi connectivity index (χ1) is 11.4. The van der Waals surface area contributed by atoms with Gasteiger partial charge in [-0.3, -0.25) is 4.68 Å². The number of carbonyl (C=O) groups excluding carboxylic acids is 1. The Balaban J connectivity index is 1.80. The van der Waals surface area contributed by atoms with Gasteiger partial charge in [0, 0.05) is 24.9 Å². The quantitative estimate of drug-likeness (QED) is 0.827. The van der Waals surface area contributed by atoms with Gasteiger partial charge in [-0.05, 0) is 6.92 Å². The Morgan fingerprint density at radius 1 is 1.29 bits per heavy atom. The van der Waals surface area contributed by atoms with E-state index in [1.165, 1.54) is 4.90 Å². The highest BCUT2D eigenvalue weighted by atomic mass is 19.2. The van der Waals surface area contributed by atoms with Crippen LogP contribution in [0.2, 0.25) is 0 Å². The lowest BCUT2D eigenvalue weighted by molar-refractivity contribution is 0.162. The van der Waals surface area contributed by atoms with E-state index < -0.39 is 23.5 Å². The SMILES string of the molecule is CNc1cnn2c1CN(C(=O)Nc1cc(F)c(F)c(F)c1)[C@@H](C)C2. The molecule has 128 valence electrons. The third-order valence-corrected chi connectivity index (χ3v) is 4.00. The van der Waals surface area contributed by atoms with Crippen LogP contribution in [0.4, 0.5) is 29.3 Å². The minimum absolute atomic E-state index is 0.142. The minimum atomic E-state index is -1.57. The molecule has 2 amide bonds. The van der Waals surface area contributed by atoms with E-state index in [0.29, 0.717) is 6.54 Å². The summed E-state index contributed by atoms with van der Waals surface area (Å²) in [5, 5.41) is 9.64. The van der Waals surface area contributed by atoms with E-state index in [0.717, 1.165) is 23.5 Å². The second-order valence-corrected chi connectivity index (χ2v) is 5.60. The second kappa shape index (κ2) is 6.06. The van der Waals surface area contributed by atoms with Crippen LogP contribution < -0.4 is 10.6 Å². The van der Waals surface area contributed by atoms with Gasteiger partial charge in [-0.1, -0.05) is 0 Å². The molecule has 1 aliphatic rings. The van der Waals surface area contributed by atoms with Crippen LogP contribution in [-0.2, 0) is 13.1 Å². The molecule has 0 aliphatic carbocycles. The molecule has 0 radical (unpaired) electrons. The summed E-state index contributed by atoms with van der Waals surface area (Å²) in [6.45, 7) is 2.63. The number of nitrogens with zero attached hydrogens (tertiary/aromatic N) is 3. The van der Waals surface area contributed by atoms with E-state index in [-0.39, 0.29) is 18.3 Å². The molecule has 1 aromatic carbocycles. The van der Waals surface area contributed by atoms with Gasteiger partial charge in [0.25, 0.3) is 0 Å². The maximum atomic E-state index is 13.3. The minimum Gasteiger partial charge on any atom is -0.385 e. The molecule has 1 aromatic heterocycles. The summed E-state index contributed by atoms with van der Waals surface area (Å²) in [5.74, 6) is -4.28. The highest BCUT2D eigenvalue weighted by Gasteiger charge is 2.29. The fourth-order valence-electron chi connectivity index (χ4n) is 2.70. The van der Waals surface area contributed by atoms with Gasteiger partial charge in [-0.2, -0.15) is 5.10 Å². The van der Waals surface area contributed by atoms with E-state index in [9.17, 15) is 18.0 Å². The molecule has 1 atom stereocenters. The predicted molar refractivity (Wildman–Crippen MR) is 82.1 cm³/mol. The summed E-state index contributed by atoms with van der Waals surface area (Å²) in [7, 11) is 1.75. The highest BCUT2D eigenvalue weighted by Crippen LogP contribution is 2.25. The summed E-state index contributed by atoms with van der Waals surface area (Å²) in [4.78, 5) is 14.0. The molecule has 3 rings (SSSR count). The average Bonchev–Trinajstić information content (AvgIpc) is 2.93. The molecule has 0 saturated heterocycles. The van der Waals surface area contributed by atoms with Gasteiger partial charge < -0.3 is 15.5 Å². The molecule has 2 N–H and O–H groups in total. The number of hydrogen-bond acceptors (Lipinski definition) is 3. The molecule has 0 bridgehead atoms. The maximum absolute atomic E-state index is 13.3. The molecule has 0 spiro atoms. The Kier molecular flexibility index (Phi) is 4.08. The molecule has 9 heteroatoms. The molecule has 0 unspecified atom stereocenters. The van der Waals surface area contributed by atoms with Crippen molar-refractivity contribution < 1.29 is 18.0 Å². The fourth-order valence-corrected chi connectivity index (χ4v) is 2.70. The molecular weight excluding hydrogens is 323 g/mol. The summed E-state index contributed by atoms with van der Waals surface area (Å²) in [5.41, 5.74) is 1.50. The van der Waals surface area contributed by atoms with E-state index in [2.05, 4.69) is 15.7 Å². The van der Waals surface area contributed by atoms with Crippen molar-refractivity contribution in [3.8, 4) is 0 Å². The maximum Gasteiger partial charge on any atom is 0.322 e. The third-order valence-electron chi connectivity index (χ3n) is 4.00. The highest BCUT2D eigenvalue weighted by molar-refractivity contribution is 5.89. The molecule has 1 aliphatic heterocycles. The first-order valence-electron chi connectivity index (χ1n) is 7.35. The van der Waals surface area contributed by atoms with Crippen LogP contribution >= 0.6 is 0 Å². The smallest absolute Gasteiger partial charge is 0.322 e. The van der Waals surface area contributed by atoms with Crippen LogP contribution in [0.15, 0.2) is 18.3 Å². The summed E-state index contributed by atoms with van der Waals surface area (Å²) in [6.07, 6.45) is 1.67. The number of halogens is 3. The zero-order chi connectivity index (χ0) is 17.4. The zero-order valence-corrected chi connectivity index (χ0v) is 13.1. The van der Waals surface area contributed by atoms with Gasteiger partial charge in [0.2, 0.25) is 0 Å². The molecule has 0 fully saturated rings. The van der Waals surface area contributed by atoms with Crippen molar-refractivity contribution in [2.24, 2.45) is 0 Å². The van der Waals surface area contributed by atoms with E-state index in [1.807, 2.05) is 6.92 Å². The monoisotopic (exact) mass is 339 g/mol. The number of hydrogen-bond donors (Lipinski definition) is 2. The van der Waals surface area contributed by atoms with Crippen molar-refractivity contribution in [1.82, 2.24) is 14.7 Å². The number of carbonyl (C=O) groups is 1. The lowest BCUT2D eigenvalue weighted by Gasteiger charge is -2.34.